The molecule has 2 aliphatic carbocycles. The van der Waals surface area contributed by atoms with Crippen molar-refractivity contribution in [3.05, 3.63) is 0 Å². The number of carbonyl (C=O) groups is 1. The van der Waals surface area contributed by atoms with Crippen LogP contribution < -0.4 is 11.1 Å². The molecule has 3 N–H and O–H groups in total. The van der Waals surface area contributed by atoms with E-state index in [2.05, 4.69) is 5.32 Å². The van der Waals surface area contributed by atoms with E-state index in [1.165, 1.54) is 19.3 Å². The lowest BCUT2D eigenvalue weighted by atomic mass is 9.72. The highest BCUT2D eigenvalue weighted by atomic mass is 16.5. The number of nitrogens with one attached hydrogen (secondary N) is 1. The number of carbonyl (C=O) groups excluding carboxylic acids is 1. The zero-order valence-electron chi connectivity index (χ0n) is 9.95. The number of amides is 1. The molecule has 0 radical (unpaired) electrons. The van der Waals surface area contributed by atoms with Gasteiger partial charge in [0, 0.05) is 26.1 Å². The predicted molar refractivity (Wildman–Crippen MR) is 61.8 cm³/mol. The summed E-state index contributed by atoms with van der Waals surface area (Å²) in [4.78, 5) is 11.4. The van der Waals surface area contributed by atoms with Gasteiger partial charge in [0.1, 0.15) is 0 Å². The second-order valence-electron chi connectivity index (χ2n) is 5.21. The molecule has 0 saturated heterocycles. The summed E-state index contributed by atoms with van der Waals surface area (Å²) in [5.41, 5.74) is 5.94. The molecule has 2 saturated carbocycles. The van der Waals surface area contributed by atoms with Crippen molar-refractivity contribution >= 4 is 5.91 Å². The van der Waals surface area contributed by atoms with E-state index in [0.717, 1.165) is 18.4 Å². The minimum absolute atomic E-state index is 0.102. The standard InChI is InChI=1S/C12H22N2O2/c1-16-3-2-12(15)14-7-8-4-9-6-11(13)10(9)5-8/h8-11H,2-7,13H2,1H3,(H,14,15). The molecular formula is C12H22N2O2. The van der Waals surface area contributed by atoms with Crippen molar-refractivity contribution in [2.45, 2.75) is 31.7 Å². The molecule has 92 valence electrons. The summed E-state index contributed by atoms with van der Waals surface area (Å²) in [7, 11) is 1.61. The molecule has 16 heavy (non-hydrogen) atoms. The maximum Gasteiger partial charge on any atom is 0.222 e. The lowest BCUT2D eigenvalue weighted by Crippen LogP contribution is -2.44. The lowest BCUT2D eigenvalue weighted by molar-refractivity contribution is -0.122. The van der Waals surface area contributed by atoms with E-state index in [-0.39, 0.29) is 5.91 Å². The van der Waals surface area contributed by atoms with Crippen molar-refractivity contribution in [3.63, 3.8) is 0 Å². The van der Waals surface area contributed by atoms with Crippen LogP contribution >= 0.6 is 0 Å². The third-order valence-corrected chi connectivity index (χ3v) is 4.09. The maximum atomic E-state index is 11.4. The van der Waals surface area contributed by atoms with E-state index in [4.69, 9.17) is 10.5 Å². The number of methoxy groups -OCH3 is 1. The second-order valence-corrected chi connectivity index (χ2v) is 5.21. The smallest absolute Gasteiger partial charge is 0.222 e. The Morgan fingerprint density at radius 3 is 2.88 bits per heavy atom. The number of fused-ring (bicyclic) bond motifs is 1. The van der Waals surface area contributed by atoms with Gasteiger partial charge in [-0.15, -0.1) is 0 Å². The second kappa shape index (κ2) is 5.15. The van der Waals surface area contributed by atoms with Crippen molar-refractivity contribution in [3.8, 4) is 0 Å². The summed E-state index contributed by atoms with van der Waals surface area (Å²) in [5, 5.41) is 2.98. The van der Waals surface area contributed by atoms with Crippen LogP contribution in [0.5, 0.6) is 0 Å². The molecule has 0 heterocycles. The van der Waals surface area contributed by atoms with Crippen LogP contribution in [0.3, 0.4) is 0 Å². The van der Waals surface area contributed by atoms with E-state index in [1.54, 1.807) is 7.11 Å². The highest BCUT2D eigenvalue weighted by molar-refractivity contribution is 5.75. The summed E-state index contributed by atoms with van der Waals surface area (Å²) in [6, 6.07) is 0.430. The molecule has 0 spiro atoms. The topological polar surface area (TPSA) is 64.3 Å². The van der Waals surface area contributed by atoms with Crippen molar-refractivity contribution in [2.24, 2.45) is 23.5 Å². The van der Waals surface area contributed by atoms with Gasteiger partial charge < -0.3 is 15.8 Å². The van der Waals surface area contributed by atoms with E-state index < -0.39 is 0 Å². The molecule has 0 aromatic heterocycles. The van der Waals surface area contributed by atoms with Crippen LogP contribution in [0.25, 0.3) is 0 Å². The first-order chi connectivity index (χ1) is 7.70. The average Bonchev–Trinajstić information content (AvgIpc) is 2.60. The van der Waals surface area contributed by atoms with Crippen LogP contribution in [0.2, 0.25) is 0 Å². The third kappa shape index (κ3) is 2.55. The first kappa shape index (κ1) is 11.9. The highest BCUT2D eigenvalue weighted by Gasteiger charge is 2.45. The molecule has 0 aliphatic heterocycles. The minimum atomic E-state index is 0.102. The molecule has 0 aromatic rings. The summed E-state index contributed by atoms with van der Waals surface area (Å²) < 4.78 is 4.87. The number of hydrogen-bond acceptors (Lipinski definition) is 3. The van der Waals surface area contributed by atoms with Gasteiger partial charge in [0.25, 0.3) is 0 Å². The van der Waals surface area contributed by atoms with E-state index in [9.17, 15) is 4.79 Å². The van der Waals surface area contributed by atoms with Crippen molar-refractivity contribution in [1.29, 1.82) is 0 Å². The minimum Gasteiger partial charge on any atom is -0.384 e. The van der Waals surface area contributed by atoms with Crippen LogP contribution in [-0.2, 0) is 9.53 Å². The van der Waals surface area contributed by atoms with Crippen molar-refractivity contribution in [1.82, 2.24) is 5.32 Å². The summed E-state index contributed by atoms with van der Waals surface area (Å²) >= 11 is 0. The van der Waals surface area contributed by atoms with Gasteiger partial charge >= 0.3 is 0 Å². The van der Waals surface area contributed by atoms with Gasteiger partial charge in [0.15, 0.2) is 0 Å². The Morgan fingerprint density at radius 2 is 2.25 bits per heavy atom. The molecule has 2 rings (SSSR count). The quantitative estimate of drug-likeness (QED) is 0.718. The maximum absolute atomic E-state index is 11.4. The first-order valence-electron chi connectivity index (χ1n) is 6.22. The zero-order valence-corrected chi connectivity index (χ0v) is 9.95. The molecule has 4 nitrogen and oxygen atoms in total. The van der Waals surface area contributed by atoms with Crippen LogP contribution in [0.4, 0.5) is 0 Å². The largest absolute Gasteiger partial charge is 0.384 e. The molecule has 0 aromatic carbocycles. The molecule has 4 unspecified atom stereocenters. The Labute approximate surface area is 96.9 Å². The highest BCUT2D eigenvalue weighted by Crippen LogP contribution is 2.48. The molecule has 2 fully saturated rings. The van der Waals surface area contributed by atoms with Crippen molar-refractivity contribution < 1.29 is 9.53 Å². The number of hydrogen-bond donors (Lipinski definition) is 2. The van der Waals surface area contributed by atoms with Gasteiger partial charge in [-0.1, -0.05) is 0 Å². The van der Waals surface area contributed by atoms with Crippen LogP contribution in [0.15, 0.2) is 0 Å². The Balaban J connectivity index is 1.62. The van der Waals surface area contributed by atoms with Gasteiger partial charge in [-0.05, 0) is 37.0 Å². The number of nitrogens with two attached hydrogens (primary N) is 1. The Kier molecular flexibility index (Phi) is 3.82. The SMILES string of the molecule is COCCC(=O)NCC1CC2CC(N)C2C1. The summed E-state index contributed by atoms with van der Waals surface area (Å²) in [5.74, 6) is 2.33. The summed E-state index contributed by atoms with van der Waals surface area (Å²) in [6.07, 6.45) is 4.12. The van der Waals surface area contributed by atoms with Gasteiger partial charge in [-0.3, -0.25) is 4.79 Å². The average molecular weight is 226 g/mol. The fourth-order valence-electron chi connectivity index (χ4n) is 3.11. The Hall–Kier alpha value is -0.610. The van der Waals surface area contributed by atoms with Crippen LogP contribution in [0, 0.1) is 17.8 Å². The molecular weight excluding hydrogens is 204 g/mol. The number of ether oxygens (including phenoxy) is 1. The monoisotopic (exact) mass is 226 g/mol. The van der Waals surface area contributed by atoms with Crippen LogP contribution in [-0.4, -0.2) is 32.2 Å². The fraction of sp³-hybridized carbons (Fsp3) is 0.917. The Bertz CT molecular complexity index is 257. The molecule has 2 aliphatic rings. The lowest BCUT2D eigenvalue weighted by Gasteiger charge is -2.37. The van der Waals surface area contributed by atoms with Gasteiger partial charge in [0.05, 0.1) is 6.61 Å². The first-order valence-corrected chi connectivity index (χ1v) is 6.22. The van der Waals surface area contributed by atoms with Crippen molar-refractivity contribution in [2.75, 3.05) is 20.3 Å². The van der Waals surface area contributed by atoms with Crippen LogP contribution in [0.1, 0.15) is 25.7 Å². The van der Waals surface area contributed by atoms with E-state index >= 15 is 0 Å². The third-order valence-electron chi connectivity index (χ3n) is 4.09. The summed E-state index contributed by atoms with van der Waals surface area (Å²) in [6.45, 7) is 1.33. The zero-order chi connectivity index (χ0) is 11.5. The number of rotatable bonds is 5. The van der Waals surface area contributed by atoms with E-state index in [0.29, 0.717) is 25.0 Å². The van der Waals surface area contributed by atoms with Gasteiger partial charge in [0.2, 0.25) is 5.91 Å². The Morgan fingerprint density at radius 1 is 1.44 bits per heavy atom. The molecule has 0 bridgehead atoms. The molecule has 1 amide bonds. The fourth-order valence-corrected chi connectivity index (χ4v) is 3.11. The molecule has 4 heteroatoms. The van der Waals surface area contributed by atoms with Gasteiger partial charge in [-0.2, -0.15) is 0 Å². The molecule has 4 atom stereocenters. The van der Waals surface area contributed by atoms with E-state index in [1.807, 2.05) is 0 Å². The predicted octanol–water partition coefficient (Wildman–Crippen LogP) is 0.513. The van der Waals surface area contributed by atoms with Gasteiger partial charge in [-0.25, -0.2) is 0 Å². The normalized spacial score (nSPS) is 36.6.